The summed E-state index contributed by atoms with van der Waals surface area (Å²) in [7, 11) is 1.11. The number of ether oxygens (including phenoxy) is 1. The van der Waals surface area contributed by atoms with Crippen LogP contribution >= 0.6 is 23.2 Å². The molecule has 0 aliphatic rings. The summed E-state index contributed by atoms with van der Waals surface area (Å²) in [4.78, 5) is 33.7. The maximum absolute atomic E-state index is 13.7. The Morgan fingerprint density at radius 2 is 1.70 bits per heavy atom. The minimum atomic E-state index is -4.34. The molecular weight excluding hydrogens is 357 g/mol. The second-order valence-electron chi connectivity index (χ2n) is 4.27. The molecule has 6 nitrogen and oxygen atoms in total. The van der Waals surface area contributed by atoms with Crippen LogP contribution in [0.5, 0.6) is 0 Å². The zero-order valence-electron chi connectivity index (χ0n) is 11.8. The molecule has 2 amide bonds. The van der Waals surface area contributed by atoms with Crippen LogP contribution in [0, 0.1) is 0 Å². The third-order valence-corrected chi connectivity index (χ3v) is 2.97. The summed E-state index contributed by atoms with van der Waals surface area (Å²) in [5, 5.41) is 3.87. The number of benzene rings is 1. The number of alkyl halides is 2. The van der Waals surface area contributed by atoms with E-state index in [0.29, 0.717) is 0 Å². The molecule has 0 aliphatic carbocycles. The number of rotatable bonds is 6. The van der Waals surface area contributed by atoms with Gasteiger partial charge in [-0.3, -0.25) is 14.4 Å². The number of carbonyl (C=O) groups is 3. The van der Waals surface area contributed by atoms with Gasteiger partial charge in [-0.25, -0.2) is 0 Å². The predicted molar refractivity (Wildman–Crippen MR) is 79.7 cm³/mol. The van der Waals surface area contributed by atoms with Crippen LogP contribution in [0.25, 0.3) is 0 Å². The smallest absolute Gasteiger partial charge is 0.400 e. The van der Waals surface area contributed by atoms with Gasteiger partial charge in [0.1, 0.15) is 0 Å². The fourth-order valence-corrected chi connectivity index (χ4v) is 1.96. The van der Waals surface area contributed by atoms with E-state index in [1.807, 2.05) is 5.32 Å². The van der Waals surface area contributed by atoms with Crippen LogP contribution < -0.4 is 10.6 Å². The van der Waals surface area contributed by atoms with E-state index < -0.39 is 30.3 Å². The second-order valence-corrected chi connectivity index (χ2v) is 5.14. The van der Waals surface area contributed by atoms with Crippen LogP contribution in [0.1, 0.15) is 6.42 Å². The van der Waals surface area contributed by atoms with Crippen molar-refractivity contribution in [3.05, 3.63) is 28.2 Å². The number of hydrogen-bond acceptors (Lipinski definition) is 4. The quantitative estimate of drug-likeness (QED) is 0.595. The molecule has 0 radical (unpaired) electrons. The first kappa shape index (κ1) is 19.1. The minimum absolute atomic E-state index is 0.0884. The molecule has 126 valence electrons. The first-order valence-corrected chi connectivity index (χ1v) is 6.93. The summed E-state index contributed by atoms with van der Waals surface area (Å²) < 4.78 is 31.7. The number of carbonyl (C=O) groups excluding carboxylic acids is 3. The van der Waals surface area contributed by atoms with Gasteiger partial charge >= 0.3 is 23.7 Å². The van der Waals surface area contributed by atoms with Crippen molar-refractivity contribution in [2.75, 3.05) is 19.0 Å². The lowest BCUT2D eigenvalue weighted by atomic mass is 10.2. The maximum Gasteiger partial charge on any atom is 0.400 e. The number of hydrogen-bond donors (Lipinski definition) is 2. The summed E-state index contributed by atoms with van der Waals surface area (Å²) in [6.45, 7) is -0.391. The van der Waals surface area contributed by atoms with Gasteiger partial charge in [-0.1, -0.05) is 23.2 Å². The highest BCUT2D eigenvalue weighted by Crippen LogP contribution is 2.24. The van der Waals surface area contributed by atoms with Gasteiger partial charge < -0.3 is 15.4 Å². The molecule has 0 saturated heterocycles. The summed E-state index contributed by atoms with van der Waals surface area (Å²) in [6.07, 6.45) is -0.302. The van der Waals surface area contributed by atoms with Gasteiger partial charge in [0, 0.05) is 22.3 Å². The normalized spacial score (nSPS) is 10.8. The molecular formula is C13H12Cl2F2N2O4. The Labute approximate surface area is 140 Å². The summed E-state index contributed by atoms with van der Waals surface area (Å²) >= 11 is 11.4. The lowest BCUT2D eigenvalue weighted by molar-refractivity contribution is -0.156. The van der Waals surface area contributed by atoms with Crippen molar-refractivity contribution < 1.29 is 27.9 Å². The second kappa shape index (κ2) is 8.07. The molecule has 0 unspecified atom stereocenters. The number of amides is 2. The van der Waals surface area contributed by atoms with Crippen molar-refractivity contribution >= 4 is 46.7 Å². The van der Waals surface area contributed by atoms with E-state index in [-0.39, 0.29) is 22.2 Å². The van der Waals surface area contributed by atoms with E-state index in [1.165, 1.54) is 18.2 Å². The van der Waals surface area contributed by atoms with E-state index >= 15 is 0 Å². The Balaban J connectivity index is 2.68. The molecule has 1 aromatic rings. The Bertz CT molecular complexity index is 606. The summed E-state index contributed by atoms with van der Waals surface area (Å²) in [5.41, 5.74) is -0.0884. The zero-order chi connectivity index (χ0) is 17.6. The number of nitrogens with one attached hydrogen (secondary N) is 2. The highest BCUT2D eigenvalue weighted by atomic mass is 35.5. The molecule has 23 heavy (non-hydrogen) atoms. The Hall–Kier alpha value is -1.93. The van der Waals surface area contributed by atoms with Crippen LogP contribution in [-0.2, 0) is 19.1 Å². The summed E-state index contributed by atoms with van der Waals surface area (Å²) in [5.74, 6) is -8.73. The van der Waals surface area contributed by atoms with Gasteiger partial charge in [0.2, 0.25) is 0 Å². The van der Waals surface area contributed by atoms with Crippen LogP contribution in [0.2, 0.25) is 10.0 Å². The van der Waals surface area contributed by atoms with Crippen LogP contribution in [0.4, 0.5) is 14.5 Å². The third kappa shape index (κ3) is 5.65. The molecule has 10 heteroatoms. The van der Waals surface area contributed by atoms with Crippen LogP contribution in [0.3, 0.4) is 0 Å². The molecule has 0 bridgehead atoms. The molecule has 2 N–H and O–H groups in total. The first-order chi connectivity index (χ1) is 10.7. The Morgan fingerprint density at radius 3 is 2.22 bits per heavy atom. The lowest BCUT2D eigenvalue weighted by Crippen LogP contribution is -2.49. The molecule has 0 fully saturated rings. The van der Waals surface area contributed by atoms with E-state index in [0.717, 1.165) is 7.11 Å². The van der Waals surface area contributed by atoms with Crippen molar-refractivity contribution in [1.29, 1.82) is 0 Å². The average molecular weight is 369 g/mol. The molecule has 1 rings (SSSR count). The van der Waals surface area contributed by atoms with Gasteiger partial charge in [0.15, 0.2) is 0 Å². The van der Waals surface area contributed by atoms with E-state index in [9.17, 15) is 23.2 Å². The molecule has 0 atom stereocenters. The highest BCUT2D eigenvalue weighted by Gasteiger charge is 2.47. The van der Waals surface area contributed by atoms with E-state index in [4.69, 9.17) is 23.2 Å². The monoisotopic (exact) mass is 368 g/mol. The fourth-order valence-electron chi connectivity index (χ4n) is 1.43. The molecule has 0 heterocycles. The summed E-state index contributed by atoms with van der Waals surface area (Å²) in [6, 6.07) is 3.73. The Kier molecular flexibility index (Phi) is 6.71. The highest BCUT2D eigenvalue weighted by molar-refractivity contribution is 6.35. The fraction of sp³-hybridized carbons (Fsp3) is 0.308. The largest absolute Gasteiger partial charge is 0.469 e. The van der Waals surface area contributed by atoms with Crippen molar-refractivity contribution in [3.63, 3.8) is 0 Å². The molecule has 0 saturated carbocycles. The van der Waals surface area contributed by atoms with Gasteiger partial charge in [0.05, 0.1) is 13.5 Å². The number of halogens is 4. The van der Waals surface area contributed by atoms with Gasteiger partial charge in [0.25, 0.3) is 0 Å². The SMILES string of the molecule is COC(=O)CCNC(=O)C(F)(F)C(=O)Nc1cc(Cl)cc(Cl)c1. The standard InChI is InChI=1S/C13H12Cl2F2N2O4/c1-23-10(20)2-3-18-11(21)13(16,17)12(22)19-9-5-7(14)4-8(15)6-9/h4-6H,2-3H2,1H3,(H,18,21)(H,19,22). The average Bonchev–Trinajstić information content (AvgIpc) is 2.45. The molecule has 0 spiro atoms. The minimum Gasteiger partial charge on any atom is -0.469 e. The van der Waals surface area contributed by atoms with Gasteiger partial charge in [-0.05, 0) is 18.2 Å². The Morgan fingerprint density at radius 1 is 1.13 bits per heavy atom. The topological polar surface area (TPSA) is 84.5 Å². The lowest BCUT2D eigenvalue weighted by Gasteiger charge is -2.16. The van der Waals surface area contributed by atoms with Gasteiger partial charge in [-0.15, -0.1) is 0 Å². The van der Waals surface area contributed by atoms with Crippen molar-refractivity contribution in [2.45, 2.75) is 12.3 Å². The van der Waals surface area contributed by atoms with E-state index in [1.54, 1.807) is 5.32 Å². The first-order valence-electron chi connectivity index (χ1n) is 6.17. The van der Waals surface area contributed by atoms with Gasteiger partial charge in [-0.2, -0.15) is 8.78 Å². The maximum atomic E-state index is 13.7. The van der Waals surface area contributed by atoms with Crippen molar-refractivity contribution in [2.24, 2.45) is 0 Å². The number of methoxy groups -OCH3 is 1. The molecule has 0 aliphatic heterocycles. The van der Waals surface area contributed by atoms with E-state index in [2.05, 4.69) is 4.74 Å². The number of anilines is 1. The van der Waals surface area contributed by atoms with Crippen LogP contribution in [0.15, 0.2) is 18.2 Å². The molecule has 0 aromatic heterocycles. The van der Waals surface area contributed by atoms with Crippen molar-refractivity contribution in [1.82, 2.24) is 5.32 Å². The van der Waals surface area contributed by atoms with Crippen molar-refractivity contribution in [3.8, 4) is 0 Å². The third-order valence-electron chi connectivity index (χ3n) is 2.53. The van der Waals surface area contributed by atoms with Crippen LogP contribution in [-0.4, -0.2) is 37.4 Å². The molecule has 1 aromatic carbocycles. The predicted octanol–water partition coefficient (Wildman–Crippen LogP) is 2.25. The zero-order valence-corrected chi connectivity index (χ0v) is 13.3. The number of esters is 1.